The van der Waals surface area contributed by atoms with Crippen LogP contribution in [0, 0.1) is 25.7 Å². The van der Waals surface area contributed by atoms with Crippen LogP contribution >= 0.6 is 11.3 Å². The van der Waals surface area contributed by atoms with Crippen LogP contribution in [0.4, 0.5) is 5.00 Å². The number of piperidine rings is 1. The maximum atomic E-state index is 13.8. The smallest absolute Gasteiger partial charge is 0.281 e. The monoisotopic (exact) mass is 597 g/mol. The van der Waals surface area contributed by atoms with Gasteiger partial charge >= 0.3 is 0 Å². The second-order valence-corrected chi connectivity index (χ2v) is 15.0. The number of amides is 1. The standard InChI is InChI=1S/C30H39N5O4S2/c1-18(2)33-12-11-25-26(17-33)40-29(27(25)30(37)35-22(6)14-21(5)32-35)31-28(36)23-7-9-24(10-8-23)41(38,39)34-15-19(3)13-20(4)16-34/h7-10,14,18-20H,11-13,15-17H2,1-6H3,(H,31,36). The fraction of sp³-hybridized carbons (Fsp3) is 0.500. The van der Waals surface area contributed by atoms with Gasteiger partial charge in [-0.3, -0.25) is 14.5 Å². The van der Waals surface area contributed by atoms with Crippen molar-refractivity contribution >= 4 is 38.2 Å². The zero-order valence-electron chi connectivity index (χ0n) is 24.6. The van der Waals surface area contributed by atoms with Crippen molar-refractivity contribution in [1.82, 2.24) is 19.0 Å². The minimum atomic E-state index is -3.65. The third-order valence-corrected chi connectivity index (χ3v) is 11.0. The van der Waals surface area contributed by atoms with Crippen molar-refractivity contribution in [3.8, 4) is 0 Å². The summed E-state index contributed by atoms with van der Waals surface area (Å²) < 4.78 is 29.6. The van der Waals surface area contributed by atoms with Gasteiger partial charge in [-0.15, -0.1) is 11.3 Å². The lowest BCUT2D eigenvalue weighted by Gasteiger charge is -2.34. The van der Waals surface area contributed by atoms with Crippen molar-refractivity contribution in [3.63, 3.8) is 0 Å². The van der Waals surface area contributed by atoms with E-state index in [1.165, 1.54) is 40.3 Å². The van der Waals surface area contributed by atoms with Crippen LogP contribution in [0.15, 0.2) is 35.2 Å². The van der Waals surface area contributed by atoms with Crippen LogP contribution in [0.25, 0.3) is 0 Å². The fourth-order valence-electron chi connectivity index (χ4n) is 6.02. The van der Waals surface area contributed by atoms with Crippen LogP contribution in [0.5, 0.6) is 0 Å². The van der Waals surface area contributed by atoms with Gasteiger partial charge in [0.1, 0.15) is 5.00 Å². The highest BCUT2D eigenvalue weighted by atomic mass is 32.2. The molecule has 0 bridgehead atoms. The van der Waals surface area contributed by atoms with Crippen molar-refractivity contribution in [3.05, 3.63) is 63.3 Å². The molecule has 1 fully saturated rings. The third-order valence-electron chi connectivity index (χ3n) is 8.05. The van der Waals surface area contributed by atoms with Crippen molar-refractivity contribution < 1.29 is 18.0 Å². The summed E-state index contributed by atoms with van der Waals surface area (Å²) in [4.78, 5) is 30.8. The maximum Gasteiger partial charge on any atom is 0.281 e. The molecule has 2 aromatic heterocycles. The number of rotatable bonds is 6. The quantitative estimate of drug-likeness (QED) is 0.432. The number of aryl methyl sites for hydroxylation is 2. The topological polar surface area (TPSA) is 105 Å². The molecule has 0 aliphatic carbocycles. The summed E-state index contributed by atoms with van der Waals surface area (Å²) in [5.74, 6) is -0.0490. The summed E-state index contributed by atoms with van der Waals surface area (Å²) in [6.07, 6.45) is 1.72. The number of fused-ring (bicyclic) bond motifs is 1. The second kappa shape index (κ2) is 11.4. The Labute approximate surface area is 246 Å². The molecule has 2 aliphatic rings. The molecule has 220 valence electrons. The largest absolute Gasteiger partial charge is 0.313 e. The van der Waals surface area contributed by atoms with E-state index in [2.05, 4.69) is 43.0 Å². The van der Waals surface area contributed by atoms with Crippen molar-refractivity contribution in [2.45, 2.75) is 71.9 Å². The Balaban J connectivity index is 1.42. The normalized spacial score (nSPS) is 20.3. The zero-order valence-corrected chi connectivity index (χ0v) is 26.2. The number of sulfonamides is 1. The highest BCUT2D eigenvalue weighted by Gasteiger charge is 2.33. The predicted molar refractivity (Wildman–Crippen MR) is 161 cm³/mol. The molecule has 3 aromatic rings. The maximum absolute atomic E-state index is 13.8. The van der Waals surface area contributed by atoms with Gasteiger partial charge in [0.25, 0.3) is 11.8 Å². The minimum absolute atomic E-state index is 0.177. The van der Waals surface area contributed by atoms with Gasteiger partial charge < -0.3 is 5.32 Å². The summed E-state index contributed by atoms with van der Waals surface area (Å²) in [5.41, 5.74) is 3.26. The van der Waals surface area contributed by atoms with Crippen LogP contribution in [-0.2, 0) is 23.0 Å². The van der Waals surface area contributed by atoms with Gasteiger partial charge in [-0.1, -0.05) is 13.8 Å². The van der Waals surface area contributed by atoms with Gasteiger partial charge in [0.15, 0.2) is 0 Å². The summed E-state index contributed by atoms with van der Waals surface area (Å²) in [6.45, 7) is 14.7. The highest BCUT2D eigenvalue weighted by Crippen LogP contribution is 2.38. The minimum Gasteiger partial charge on any atom is -0.313 e. The number of benzene rings is 1. The van der Waals surface area contributed by atoms with E-state index in [0.29, 0.717) is 60.1 Å². The zero-order chi connectivity index (χ0) is 29.6. The predicted octanol–water partition coefficient (Wildman–Crippen LogP) is 4.94. The van der Waals surface area contributed by atoms with Gasteiger partial charge in [-0.2, -0.15) is 9.40 Å². The lowest BCUT2D eigenvalue weighted by atomic mass is 9.94. The van der Waals surface area contributed by atoms with Crippen molar-refractivity contribution in [2.75, 3.05) is 25.0 Å². The molecule has 5 rings (SSSR count). The lowest BCUT2D eigenvalue weighted by molar-refractivity contribution is 0.0941. The van der Waals surface area contributed by atoms with Gasteiger partial charge in [-0.05, 0) is 88.3 Å². The van der Waals surface area contributed by atoms with E-state index in [-0.39, 0.29) is 10.8 Å². The van der Waals surface area contributed by atoms with Crippen molar-refractivity contribution in [1.29, 1.82) is 0 Å². The molecule has 41 heavy (non-hydrogen) atoms. The molecule has 0 radical (unpaired) electrons. The summed E-state index contributed by atoms with van der Waals surface area (Å²) in [5, 5.41) is 7.88. The van der Waals surface area contributed by atoms with Crippen LogP contribution < -0.4 is 5.32 Å². The molecule has 9 nitrogen and oxygen atoms in total. The number of nitrogens with zero attached hydrogens (tertiary/aromatic N) is 4. The van der Waals surface area contributed by atoms with Crippen LogP contribution in [0.3, 0.4) is 0 Å². The molecule has 2 atom stereocenters. The van der Waals surface area contributed by atoms with Gasteiger partial charge in [0, 0.05) is 48.4 Å². The molecule has 2 unspecified atom stereocenters. The molecule has 1 aromatic carbocycles. The van der Waals surface area contributed by atoms with Crippen molar-refractivity contribution in [2.24, 2.45) is 11.8 Å². The number of hydrogen-bond acceptors (Lipinski definition) is 7. The Kier molecular flexibility index (Phi) is 8.26. The SMILES string of the molecule is Cc1cc(C)n(C(=O)c2c(NC(=O)c3ccc(S(=O)(=O)N4CC(C)CC(C)C4)cc3)sc3c2CCN(C(C)C)C3)n1. The first kappa shape index (κ1) is 29.6. The molecule has 0 saturated carbocycles. The number of thiophene rings is 1. The number of carbonyl (C=O) groups excluding carboxylic acids is 2. The molecule has 1 amide bonds. The van der Waals surface area contributed by atoms with Gasteiger partial charge in [0.05, 0.1) is 16.2 Å². The molecule has 0 spiro atoms. The molecule has 1 N–H and O–H groups in total. The molecule has 1 saturated heterocycles. The first-order valence-electron chi connectivity index (χ1n) is 14.2. The van der Waals surface area contributed by atoms with E-state index in [1.54, 1.807) is 4.31 Å². The number of hydrogen-bond donors (Lipinski definition) is 1. The Morgan fingerprint density at radius 2 is 1.73 bits per heavy atom. The summed E-state index contributed by atoms with van der Waals surface area (Å²) in [6, 6.07) is 8.29. The number of nitrogens with one attached hydrogen (secondary N) is 1. The van der Waals surface area contributed by atoms with Crippen LogP contribution in [0.2, 0.25) is 0 Å². The summed E-state index contributed by atoms with van der Waals surface area (Å²) >= 11 is 1.43. The average Bonchev–Trinajstić information content (AvgIpc) is 3.45. The Bertz CT molecular complexity index is 1560. The summed E-state index contributed by atoms with van der Waals surface area (Å²) in [7, 11) is -3.65. The van der Waals surface area contributed by atoms with E-state index in [0.717, 1.165) is 34.8 Å². The Morgan fingerprint density at radius 3 is 2.32 bits per heavy atom. The lowest BCUT2D eigenvalue weighted by Crippen LogP contribution is -2.42. The third kappa shape index (κ3) is 5.90. The van der Waals surface area contributed by atoms with Crippen LogP contribution in [0.1, 0.15) is 76.7 Å². The van der Waals surface area contributed by atoms with Gasteiger partial charge in [-0.25, -0.2) is 13.1 Å². The second-order valence-electron chi connectivity index (χ2n) is 11.9. The molecule has 4 heterocycles. The Hall–Kier alpha value is -2.86. The van der Waals surface area contributed by atoms with E-state index >= 15 is 0 Å². The first-order chi connectivity index (χ1) is 19.3. The van der Waals surface area contributed by atoms with E-state index < -0.39 is 15.9 Å². The average molecular weight is 598 g/mol. The highest BCUT2D eigenvalue weighted by molar-refractivity contribution is 7.89. The number of carbonyl (C=O) groups is 2. The number of anilines is 1. The van der Waals surface area contributed by atoms with Gasteiger partial charge in [0.2, 0.25) is 10.0 Å². The molecular formula is C30H39N5O4S2. The molecule has 2 aliphatic heterocycles. The first-order valence-corrected chi connectivity index (χ1v) is 16.5. The molecule has 11 heteroatoms. The van der Waals surface area contributed by atoms with E-state index in [4.69, 9.17) is 0 Å². The molecular weight excluding hydrogens is 558 g/mol. The Morgan fingerprint density at radius 1 is 1.07 bits per heavy atom. The van der Waals surface area contributed by atoms with E-state index in [9.17, 15) is 18.0 Å². The van der Waals surface area contributed by atoms with E-state index in [1.807, 2.05) is 19.9 Å². The van der Waals surface area contributed by atoms with Crippen LogP contribution in [-0.4, -0.2) is 64.9 Å². The fourth-order valence-corrected chi connectivity index (χ4v) is 8.96. The number of aromatic nitrogens is 2.